The number of nitrogens with two attached hydrogens (primary N) is 1. The van der Waals surface area contributed by atoms with Crippen LogP contribution in [0.4, 0.5) is 4.39 Å². The van der Waals surface area contributed by atoms with Gasteiger partial charge in [-0.3, -0.25) is 4.79 Å². The molecule has 1 atom stereocenters. The number of carboxylic acid groups (broad SMARTS) is 1. The fourth-order valence-corrected chi connectivity index (χ4v) is 2.40. The SMILES string of the molecule is Cl.NC(CC(=O)O)Cn1nnc(-c2ccc(OCCc3ncccn3)c(F)c2)n1. The number of hydrogen-bond donors (Lipinski definition) is 2. The lowest BCUT2D eigenvalue weighted by Crippen LogP contribution is -2.30. The van der Waals surface area contributed by atoms with Gasteiger partial charge in [-0.15, -0.1) is 22.6 Å². The smallest absolute Gasteiger partial charge is 0.304 e. The molecule has 0 fully saturated rings. The number of aromatic nitrogens is 6. The molecule has 0 saturated heterocycles. The zero-order chi connectivity index (χ0) is 19.9. The molecule has 29 heavy (non-hydrogen) atoms. The highest BCUT2D eigenvalue weighted by atomic mass is 35.5. The fraction of sp³-hybridized carbons (Fsp3) is 0.294. The Balaban J connectivity index is 0.00000300. The molecule has 10 nitrogen and oxygen atoms in total. The number of benzene rings is 1. The molecule has 1 unspecified atom stereocenters. The van der Waals surface area contributed by atoms with E-state index in [0.29, 0.717) is 17.8 Å². The van der Waals surface area contributed by atoms with Crippen LogP contribution in [-0.4, -0.2) is 53.9 Å². The van der Waals surface area contributed by atoms with Gasteiger partial charge in [0.2, 0.25) is 5.82 Å². The van der Waals surface area contributed by atoms with Crippen molar-refractivity contribution in [1.82, 2.24) is 30.2 Å². The van der Waals surface area contributed by atoms with Crippen LogP contribution in [0, 0.1) is 5.82 Å². The number of aliphatic carboxylic acids is 1. The van der Waals surface area contributed by atoms with E-state index in [-0.39, 0.29) is 43.6 Å². The quantitative estimate of drug-likeness (QED) is 0.517. The molecule has 0 saturated carbocycles. The molecule has 0 amide bonds. The average molecular weight is 424 g/mol. The second-order valence-electron chi connectivity index (χ2n) is 5.93. The lowest BCUT2D eigenvalue weighted by molar-refractivity contribution is -0.137. The second kappa shape index (κ2) is 10.4. The van der Waals surface area contributed by atoms with Crippen LogP contribution in [0.2, 0.25) is 0 Å². The Morgan fingerprint density at radius 1 is 1.31 bits per heavy atom. The molecule has 0 bridgehead atoms. The molecule has 3 rings (SSSR count). The maximum Gasteiger partial charge on any atom is 0.304 e. The van der Waals surface area contributed by atoms with E-state index >= 15 is 0 Å². The molecule has 154 valence electrons. The summed E-state index contributed by atoms with van der Waals surface area (Å²) in [5, 5.41) is 20.5. The van der Waals surface area contributed by atoms with Crippen LogP contribution in [0.3, 0.4) is 0 Å². The summed E-state index contributed by atoms with van der Waals surface area (Å²) < 4.78 is 19.7. The second-order valence-corrected chi connectivity index (χ2v) is 5.93. The molecular weight excluding hydrogens is 405 g/mol. The van der Waals surface area contributed by atoms with E-state index in [4.69, 9.17) is 15.6 Å². The van der Waals surface area contributed by atoms with E-state index < -0.39 is 17.8 Å². The summed E-state index contributed by atoms with van der Waals surface area (Å²) in [5.41, 5.74) is 6.10. The van der Waals surface area contributed by atoms with E-state index in [9.17, 15) is 9.18 Å². The lowest BCUT2D eigenvalue weighted by atomic mass is 10.2. The maximum atomic E-state index is 14.3. The topological polar surface area (TPSA) is 142 Å². The molecule has 0 spiro atoms. The van der Waals surface area contributed by atoms with Crippen molar-refractivity contribution in [2.75, 3.05) is 6.61 Å². The molecule has 0 aliphatic rings. The summed E-state index contributed by atoms with van der Waals surface area (Å²) in [5.74, 6) is -0.669. The summed E-state index contributed by atoms with van der Waals surface area (Å²) in [6.45, 7) is 0.320. The van der Waals surface area contributed by atoms with Crippen molar-refractivity contribution >= 4 is 18.4 Å². The van der Waals surface area contributed by atoms with E-state index in [2.05, 4.69) is 25.4 Å². The van der Waals surface area contributed by atoms with Crippen molar-refractivity contribution in [1.29, 1.82) is 0 Å². The Hall–Kier alpha value is -3.18. The van der Waals surface area contributed by atoms with E-state index in [0.717, 1.165) is 0 Å². The van der Waals surface area contributed by atoms with Gasteiger partial charge in [-0.1, -0.05) is 0 Å². The third kappa shape index (κ3) is 6.43. The molecule has 0 aliphatic carbocycles. The Labute approximate surface area is 171 Å². The van der Waals surface area contributed by atoms with Gasteiger partial charge in [-0.05, 0) is 29.5 Å². The minimum absolute atomic E-state index is 0. The van der Waals surface area contributed by atoms with Crippen molar-refractivity contribution in [3.8, 4) is 17.1 Å². The fourth-order valence-electron chi connectivity index (χ4n) is 2.40. The van der Waals surface area contributed by atoms with Crippen molar-refractivity contribution in [2.45, 2.75) is 25.4 Å². The van der Waals surface area contributed by atoms with E-state index in [1.807, 2.05) is 0 Å². The largest absolute Gasteiger partial charge is 0.490 e. The molecule has 0 radical (unpaired) electrons. The number of carboxylic acids is 1. The van der Waals surface area contributed by atoms with Gasteiger partial charge >= 0.3 is 5.97 Å². The minimum Gasteiger partial charge on any atom is -0.490 e. The number of rotatable bonds is 9. The van der Waals surface area contributed by atoms with Gasteiger partial charge in [-0.2, -0.15) is 4.80 Å². The summed E-state index contributed by atoms with van der Waals surface area (Å²) in [6.07, 6.45) is 3.50. The maximum absolute atomic E-state index is 14.3. The van der Waals surface area contributed by atoms with Crippen molar-refractivity contribution in [3.05, 3.63) is 48.3 Å². The molecule has 12 heteroatoms. The van der Waals surface area contributed by atoms with E-state index in [1.54, 1.807) is 24.5 Å². The Morgan fingerprint density at radius 3 is 2.76 bits per heavy atom. The van der Waals surface area contributed by atoms with Crippen LogP contribution < -0.4 is 10.5 Å². The zero-order valence-corrected chi connectivity index (χ0v) is 16.0. The van der Waals surface area contributed by atoms with Crippen LogP contribution in [0.15, 0.2) is 36.7 Å². The Bertz CT molecular complexity index is 942. The lowest BCUT2D eigenvalue weighted by Gasteiger charge is -2.07. The normalized spacial score (nSPS) is 11.5. The van der Waals surface area contributed by atoms with Gasteiger partial charge in [0, 0.05) is 30.4 Å². The number of halogens is 2. The predicted octanol–water partition coefficient (Wildman–Crippen LogP) is 1.11. The monoisotopic (exact) mass is 423 g/mol. The molecule has 1 aromatic carbocycles. The summed E-state index contributed by atoms with van der Waals surface area (Å²) in [7, 11) is 0. The van der Waals surface area contributed by atoms with Crippen molar-refractivity contribution < 1.29 is 19.0 Å². The highest BCUT2D eigenvalue weighted by Gasteiger charge is 2.14. The van der Waals surface area contributed by atoms with Crippen LogP contribution in [0.5, 0.6) is 5.75 Å². The molecule has 0 aliphatic heterocycles. The first-order chi connectivity index (χ1) is 13.5. The molecular formula is C17H19ClFN7O3. The molecule has 2 heterocycles. The standard InChI is InChI=1S/C17H18FN7O3.ClH/c18-13-8-11(17-22-24-25(23-17)10-12(19)9-16(26)27)2-3-14(13)28-7-4-15-20-5-1-6-21-15;/h1-3,5-6,8,12H,4,7,9-10,19H2,(H,26,27);1H. The first-order valence-corrected chi connectivity index (χ1v) is 8.45. The molecule has 3 N–H and O–H groups in total. The van der Waals surface area contributed by atoms with Gasteiger partial charge in [0.25, 0.3) is 0 Å². The average Bonchev–Trinajstić information content (AvgIpc) is 3.11. The van der Waals surface area contributed by atoms with Crippen LogP contribution in [0.25, 0.3) is 11.4 Å². The Morgan fingerprint density at radius 2 is 2.07 bits per heavy atom. The van der Waals surface area contributed by atoms with Gasteiger partial charge in [0.1, 0.15) is 5.82 Å². The highest BCUT2D eigenvalue weighted by molar-refractivity contribution is 5.85. The third-order valence-electron chi connectivity index (χ3n) is 3.68. The number of nitrogens with zero attached hydrogens (tertiary/aromatic N) is 6. The van der Waals surface area contributed by atoms with Gasteiger partial charge in [0.05, 0.1) is 19.6 Å². The van der Waals surface area contributed by atoms with Gasteiger partial charge < -0.3 is 15.6 Å². The Kier molecular flexibility index (Phi) is 7.92. The number of ether oxygens (including phenoxy) is 1. The van der Waals surface area contributed by atoms with E-state index in [1.165, 1.54) is 16.9 Å². The third-order valence-corrected chi connectivity index (χ3v) is 3.68. The summed E-state index contributed by atoms with van der Waals surface area (Å²) >= 11 is 0. The number of carbonyl (C=O) groups is 1. The van der Waals surface area contributed by atoms with Gasteiger partial charge in [-0.25, -0.2) is 14.4 Å². The van der Waals surface area contributed by atoms with Crippen LogP contribution in [-0.2, 0) is 17.8 Å². The first kappa shape index (κ1) is 22.1. The van der Waals surface area contributed by atoms with Crippen LogP contribution in [0.1, 0.15) is 12.2 Å². The number of tetrazole rings is 1. The van der Waals surface area contributed by atoms with Crippen LogP contribution >= 0.6 is 12.4 Å². The van der Waals surface area contributed by atoms with Crippen molar-refractivity contribution in [2.24, 2.45) is 5.73 Å². The molecule has 2 aromatic heterocycles. The summed E-state index contributed by atoms with van der Waals surface area (Å²) in [6, 6.07) is 5.39. The molecule has 3 aromatic rings. The van der Waals surface area contributed by atoms with Gasteiger partial charge in [0.15, 0.2) is 11.6 Å². The first-order valence-electron chi connectivity index (χ1n) is 8.45. The van der Waals surface area contributed by atoms with Crippen molar-refractivity contribution in [3.63, 3.8) is 0 Å². The zero-order valence-electron chi connectivity index (χ0n) is 15.2. The predicted molar refractivity (Wildman–Crippen MR) is 102 cm³/mol. The minimum atomic E-state index is -1.01. The summed E-state index contributed by atoms with van der Waals surface area (Å²) in [4.78, 5) is 20.0. The number of hydrogen-bond acceptors (Lipinski definition) is 8. The highest BCUT2D eigenvalue weighted by Crippen LogP contribution is 2.23.